The molecule has 3 heterocycles. The van der Waals surface area contributed by atoms with E-state index < -0.39 is 0 Å². The number of piperidine rings is 1. The molecule has 1 fully saturated rings. The Kier molecular flexibility index (Phi) is 6.02. The number of nitrogens with zero attached hydrogens (tertiary/aromatic N) is 4. The molecule has 3 aromatic rings. The maximum absolute atomic E-state index is 12.7. The molecule has 154 valence electrons. The quantitative estimate of drug-likeness (QED) is 0.681. The van der Waals surface area contributed by atoms with Crippen molar-refractivity contribution in [2.75, 3.05) is 23.3 Å². The van der Waals surface area contributed by atoms with Crippen molar-refractivity contribution in [1.29, 1.82) is 0 Å². The van der Waals surface area contributed by atoms with Crippen LogP contribution in [0, 0.1) is 5.92 Å². The molecule has 0 radical (unpaired) electrons. The Bertz CT molecular complexity index is 963. The van der Waals surface area contributed by atoms with E-state index in [4.69, 9.17) is 0 Å². The molecule has 6 heteroatoms. The van der Waals surface area contributed by atoms with Crippen LogP contribution in [0.3, 0.4) is 0 Å². The number of benzene rings is 1. The minimum Gasteiger partial charge on any atom is -0.355 e. The van der Waals surface area contributed by atoms with Crippen LogP contribution in [0.5, 0.6) is 0 Å². The molecular formula is C24H27N5O. The number of anilines is 2. The number of nitrogens with one attached hydrogen (secondary N) is 1. The second-order valence-corrected chi connectivity index (χ2v) is 8.04. The summed E-state index contributed by atoms with van der Waals surface area (Å²) in [7, 11) is 0. The molecule has 2 aromatic heterocycles. The topological polar surface area (TPSA) is 71.0 Å². The Hall–Kier alpha value is -3.28. The summed E-state index contributed by atoms with van der Waals surface area (Å²) >= 11 is 0. The fourth-order valence-electron chi connectivity index (χ4n) is 3.74. The fraction of sp³-hybridized carbons (Fsp3) is 0.333. The standard InChI is InChI=1S/C24H27N5O/c1-17(2)18-3-5-21(6-4-18)26-24(30)20-11-15-29(16-12-20)23-8-7-22(27-28-23)19-9-13-25-14-10-19/h3-10,13-14,17,20H,11-12,15-16H2,1-2H3,(H,26,30). The van der Waals surface area contributed by atoms with Gasteiger partial charge in [-0.1, -0.05) is 26.0 Å². The summed E-state index contributed by atoms with van der Waals surface area (Å²) in [6, 6.07) is 16.0. The number of carbonyl (C=O) groups excluding carboxylic acids is 1. The minimum atomic E-state index is 0.0232. The zero-order chi connectivity index (χ0) is 20.9. The van der Waals surface area contributed by atoms with Gasteiger partial charge in [0.25, 0.3) is 0 Å². The number of aromatic nitrogens is 3. The highest BCUT2D eigenvalue weighted by molar-refractivity contribution is 5.92. The molecule has 1 aromatic carbocycles. The Balaban J connectivity index is 1.31. The lowest BCUT2D eigenvalue weighted by atomic mass is 9.95. The SMILES string of the molecule is CC(C)c1ccc(NC(=O)C2CCN(c3ccc(-c4ccncc4)nn3)CC2)cc1. The molecule has 1 aliphatic heterocycles. The average molecular weight is 402 g/mol. The Morgan fingerprint density at radius 3 is 2.27 bits per heavy atom. The van der Waals surface area contributed by atoms with Crippen LogP contribution >= 0.6 is 0 Å². The summed E-state index contributed by atoms with van der Waals surface area (Å²) in [4.78, 5) is 18.9. The van der Waals surface area contributed by atoms with Crippen LogP contribution in [-0.4, -0.2) is 34.2 Å². The van der Waals surface area contributed by atoms with E-state index >= 15 is 0 Å². The van der Waals surface area contributed by atoms with Gasteiger partial charge in [0.15, 0.2) is 5.82 Å². The highest BCUT2D eigenvalue weighted by Gasteiger charge is 2.26. The number of rotatable bonds is 5. The summed E-state index contributed by atoms with van der Waals surface area (Å²) in [5, 5.41) is 11.8. The van der Waals surface area contributed by atoms with Crippen LogP contribution in [0.2, 0.25) is 0 Å². The van der Waals surface area contributed by atoms with Crippen molar-refractivity contribution in [2.45, 2.75) is 32.6 Å². The number of hydrogen-bond donors (Lipinski definition) is 1. The zero-order valence-electron chi connectivity index (χ0n) is 17.5. The van der Waals surface area contributed by atoms with Gasteiger partial charge in [-0.05, 0) is 60.7 Å². The van der Waals surface area contributed by atoms with Gasteiger partial charge >= 0.3 is 0 Å². The number of pyridine rings is 1. The molecule has 1 saturated heterocycles. The van der Waals surface area contributed by atoms with Gasteiger partial charge in [0, 0.05) is 42.7 Å². The van der Waals surface area contributed by atoms with Crippen LogP contribution < -0.4 is 10.2 Å². The number of amides is 1. The molecule has 0 unspecified atom stereocenters. The third-order valence-electron chi connectivity index (χ3n) is 5.66. The van der Waals surface area contributed by atoms with E-state index in [0.717, 1.165) is 48.7 Å². The largest absolute Gasteiger partial charge is 0.355 e. The molecule has 30 heavy (non-hydrogen) atoms. The average Bonchev–Trinajstić information content (AvgIpc) is 2.80. The first-order valence-electron chi connectivity index (χ1n) is 10.5. The van der Waals surface area contributed by atoms with E-state index in [9.17, 15) is 4.79 Å². The predicted molar refractivity (Wildman–Crippen MR) is 119 cm³/mol. The number of carbonyl (C=O) groups is 1. The molecule has 1 N–H and O–H groups in total. The van der Waals surface area contributed by atoms with Crippen LogP contribution in [0.25, 0.3) is 11.3 Å². The normalized spacial score (nSPS) is 14.7. The molecule has 0 spiro atoms. The molecular weight excluding hydrogens is 374 g/mol. The van der Waals surface area contributed by atoms with Gasteiger partial charge < -0.3 is 10.2 Å². The third kappa shape index (κ3) is 4.64. The first-order chi connectivity index (χ1) is 14.6. The van der Waals surface area contributed by atoms with Gasteiger partial charge in [-0.15, -0.1) is 10.2 Å². The molecule has 0 aliphatic carbocycles. The van der Waals surface area contributed by atoms with Gasteiger partial charge in [0.1, 0.15) is 0 Å². The van der Waals surface area contributed by atoms with Crippen molar-refractivity contribution >= 4 is 17.4 Å². The molecule has 1 amide bonds. The molecule has 0 bridgehead atoms. The Morgan fingerprint density at radius 1 is 0.967 bits per heavy atom. The minimum absolute atomic E-state index is 0.0232. The maximum Gasteiger partial charge on any atom is 0.227 e. The molecule has 1 aliphatic rings. The van der Waals surface area contributed by atoms with Crippen LogP contribution in [-0.2, 0) is 4.79 Å². The summed E-state index contributed by atoms with van der Waals surface area (Å²) in [6.07, 6.45) is 5.12. The Labute approximate surface area is 177 Å². The van der Waals surface area contributed by atoms with Gasteiger partial charge in [-0.3, -0.25) is 9.78 Å². The summed E-state index contributed by atoms with van der Waals surface area (Å²) < 4.78 is 0. The van der Waals surface area contributed by atoms with E-state index in [1.807, 2.05) is 36.4 Å². The van der Waals surface area contributed by atoms with Crippen molar-refractivity contribution in [3.05, 3.63) is 66.5 Å². The van der Waals surface area contributed by atoms with Crippen LogP contribution in [0.4, 0.5) is 11.5 Å². The van der Waals surface area contributed by atoms with E-state index in [2.05, 4.69) is 51.4 Å². The van der Waals surface area contributed by atoms with Crippen LogP contribution in [0.1, 0.15) is 38.2 Å². The summed E-state index contributed by atoms with van der Waals surface area (Å²) in [5.74, 6) is 1.47. The second kappa shape index (κ2) is 9.03. The van der Waals surface area contributed by atoms with Gasteiger partial charge in [-0.2, -0.15) is 0 Å². The van der Waals surface area contributed by atoms with E-state index in [1.165, 1.54) is 5.56 Å². The van der Waals surface area contributed by atoms with E-state index in [0.29, 0.717) is 5.92 Å². The third-order valence-corrected chi connectivity index (χ3v) is 5.66. The Morgan fingerprint density at radius 2 is 1.67 bits per heavy atom. The lowest BCUT2D eigenvalue weighted by Crippen LogP contribution is -2.38. The lowest BCUT2D eigenvalue weighted by Gasteiger charge is -2.31. The first-order valence-corrected chi connectivity index (χ1v) is 10.5. The number of hydrogen-bond acceptors (Lipinski definition) is 5. The summed E-state index contributed by atoms with van der Waals surface area (Å²) in [6.45, 7) is 5.93. The van der Waals surface area contributed by atoms with Crippen molar-refractivity contribution in [3.8, 4) is 11.3 Å². The van der Waals surface area contributed by atoms with Gasteiger partial charge in [0.05, 0.1) is 5.69 Å². The van der Waals surface area contributed by atoms with Gasteiger partial charge in [0.2, 0.25) is 5.91 Å². The van der Waals surface area contributed by atoms with Crippen LogP contribution in [0.15, 0.2) is 60.9 Å². The summed E-state index contributed by atoms with van der Waals surface area (Å²) in [5.41, 5.74) is 3.97. The monoisotopic (exact) mass is 401 g/mol. The van der Waals surface area contributed by atoms with Crippen molar-refractivity contribution in [1.82, 2.24) is 15.2 Å². The van der Waals surface area contributed by atoms with E-state index in [-0.39, 0.29) is 11.8 Å². The fourth-order valence-corrected chi connectivity index (χ4v) is 3.74. The molecule has 0 atom stereocenters. The van der Waals surface area contributed by atoms with Gasteiger partial charge in [-0.25, -0.2) is 0 Å². The predicted octanol–water partition coefficient (Wildman–Crippen LogP) is 4.52. The highest BCUT2D eigenvalue weighted by Crippen LogP contribution is 2.25. The molecule has 0 saturated carbocycles. The van der Waals surface area contributed by atoms with Crippen molar-refractivity contribution in [2.24, 2.45) is 5.92 Å². The lowest BCUT2D eigenvalue weighted by molar-refractivity contribution is -0.120. The maximum atomic E-state index is 12.7. The van der Waals surface area contributed by atoms with Crippen molar-refractivity contribution in [3.63, 3.8) is 0 Å². The smallest absolute Gasteiger partial charge is 0.227 e. The molecule has 4 rings (SSSR count). The molecule has 6 nitrogen and oxygen atoms in total. The zero-order valence-corrected chi connectivity index (χ0v) is 17.5. The highest BCUT2D eigenvalue weighted by atomic mass is 16.1. The first kappa shape index (κ1) is 20.0. The van der Waals surface area contributed by atoms with E-state index in [1.54, 1.807) is 12.4 Å². The van der Waals surface area contributed by atoms with Crippen molar-refractivity contribution < 1.29 is 4.79 Å². The second-order valence-electron chi connectivity index (χ2n) is 8.04.